The average molecular weight is 295 g/mol. The van der Waals surface area contributed by atoms with Crippen molar-refractivity contribution in [1.82, 2.24) is 19.8 Å². The van der Waals surface area contributed by atoms with Gasteiger partial charge in [0.15, 0.2) is 0 Å². The van der Waals surface area contributed by atoms with Crippen LogP contribution in [0.25, 0.3) is 0 Å². The molecule has 2 heterocycles. The van der Waals surface area contributed by atoms with Crippen molar-refractivity contribution in [3.8, 4) is 0 Å². The first-order valence-electron chi connectivity index (χ1n) is 5.68. The predicted molar refractivity (Wildman–Crippen MR) is 71.5 cm³/mol. The van der Waals surface area contributed by atoms with Crippen LogP contribution >= 0.6 is 12.4 Å². The molecular weight excluding hydrogens is 276 g/mol. The Balaban J connectivity index is 0.00000162. The fourth-order valence-corrected chi connectivity index (χ4v) is 4.03. The Hall–Kier alpha value is -0.630. The van der Waals surface area contributed by atoms with Gasteiger partial charge in [0, 0.05) is 25.7 Å². The zero-order valence-electron chi connectivity index (χ0n) is 10.7. The number of H-pyrrole nitrogens is 1. The molecule has 1 atom stereocenters. The lowest BCUT2D eigenvalue weighted by atomic mass is 10.3. The molecule has 0 amide bonds. The number of nitrogens with one attached hydrogen (secondary N) is 2. The lowest BCUT2D eigenvalue weighted by molar-refractivity contribution is 0.310. The summed E-state index contributed by atoms with van der Waals surface area (Å²) in [6, 6.07) is 0.186. The highest BCUT2D eigenvalue weighted by Gasteiger charge is 2.32. The number of sulfonamides is 1. The van der Waals surface area contributed by atoms with Crippen LogP contribution in [0.15, 0.2) is 4.90 Å². The van der Waals surface area contributed by atoms with Crippen molar-refractivity contribution < 1.29 is 8.42 Å². The van der Waals surface area contributed by atoms with E-state index in [9.17, 15) is 8.42 Å². The fourth-order valence-electron chi connectivity index (χ4n) is 2.17. The van der Waals surface area contributed by atoms with E-state index in [4.69, 9.17) is 0 Å². The quantitative estimate of drug-likeness (QED) is 0.829. The van der Waals surface area contributed by atoms with Crippen LogP contribution in [0.3, 0.4) is 0 Å². The number of piperazine rings is 1. The molecular formula is C10H19ClN4O2S. The van der Waals surface area contributed by atoms with Gasteiger partial charge >= 0.3 is 0 Å². The van der Waals surface area contributed by atoms with E-state index in [1.807, 2.05) is 6.92 Å². The molecule has 2 N–H and O–H groups in total. The maximum absolute atomic E-state index is 12.5. The van der Waals surface area contributed by atoms with Crippen LogP contribution in [0.1, 0.15) is 18.3 Å². The van der Waals surface area contributed by atoms with Gasteiger partial charge in [0.05, 0.1) is 11.4 Å². The maximum Gasteiger partial charge on any atom is 0.246 e. The van der Waals surface area contributed by atoms with Gasteiger partial charge in [-0.2, -0.15) is 9.40 Å². The van der Waals surface area contributed by atoms with Crippen LogP contribution in [-0.2, 0) is 10.0 Å². The molecule has 0 spiro atoms. The number of hydrogen-bond donors (Lipinski definition) is 2. The van der Waals surface area contributed by atoms with Crippen molar-refractivity contribution in [3.63, 3.8) is 0 Å². The molecule has 0 bridgehead atoms. The Labute approximate surface area is 114 Å². The van der Waals surface area contributed by atoms with Crippen LogP contribution in [0.5, 0.6) is 0 Å². The molecule has 1 aliphatic rings. The molecule has 104 valence electrons. The van der Waals surface area contributed by atoms with Gasteiger partial charge in [-0.1, -0.05) is 0 Å². The molecule has 1 aliphatic heterocycles. The van der Waals surface area contributed by atoms with Crippen LogP contribution in [0, 0.1) is 13.8 Å². The third-order valence-electron chi connectivity index (χ3n) is 2.99. The van der Waals surface area contributed by atoms with E-state index >= 15 is 0 Å². The van der Waals surface area contributed by atoms with Crippen molar-refractivity contribution in [2.24, 2.45) is 0 Å². The van der Waals surface area contributed by atoms with E-state index in [1.54, 1.807) is 13.8 Å². The topological polar surface area (TPSA) is 78.1 Å². The third-order valence-corrected chi connectivity index (χ3v) is 5.12. The summed E-state index contributed by atoms with van der Waals surface area (Å²) in [6.07, 6.45) is 0. The van der Waals surface area contributed by atoms with Gasteiger partial charge < -0.3 is 5.32 Å². The summed E-state index contributed by atoms with van der Waals surface area (Å²) >= 11 is 0. The molecule has 0 aliphatic carbocycles. The fraction of sp³-hybridized carbons (Fsp3) is 0.700. The van der Waals surface area contributed by atoms with Gasteiger partial charge in [-0.05, 0) is 20.8 Å². The molecule has 0 aromatic carbocycles. The van der Waals surface area contributed by atoms with Crippen molar-refractivity contribution >= 4 is 22.4 Å². The Morgan fingerprint density at radius 3 is 2.56 bits per heavy atom. The minimum absolute atomic E-state index is 0. The van der Waals surface area contributed by atoms with Crippen LogP contribution in [0.4, 0.5) is 0 Å². The molecule has 18 heavy (non-hydrogen) atoms. The summed E-state index contributed by atoms with van der Waals surface area (Å²) < 4.78 is 26.5. The van der Waals surface area contributed by atoms with Gasteiger partial charge in [0.25, 0.3) is 0 Å². The second-order valence-corrected chi connectivity index (χ2v) is 6.36. The van der Waals surface area contributed by atoms with E-state index in [0.717, 1.165) is 0 Å². The zero-order chi connectivity index (χ0) is 12.6. The van der Waals surface area contributed by atoms with Crippen LogP contribution < -0.4 is 5.32 Å². The number of aromatic amines is 1. The minimum Gasteiger partial charge on any atom is -0.312 e. The monoisotopic (exact) mass is 294 g/mol. The Morgan fingerprint density at radius 1 is 1.39 bits per heavy atom. The highest BCUT2D eigenvalue weighted by molar-refractivity contribution is 7.89. The van der Waals surface area contributed by atoms with E-state index < -0.39 is 10.0 Å². The summed E-state index contributed by atoms with van der Waals surface area (Å²) in [6.45, 7) is 7.14. The second-order valence-electron chi connectivity index (χ2n) is 4.48. The zero-order valence-corrected chi connectivity index (χ0v) is 12.4. The molecule has 6 nitrogen and oxygen atoms in total. The largest absolute Gasteiger partial charge is 0.312 e. The third kappa shape index (κ3) is 2.69. The number of hydrogen-bond acceptors (Lipinski definition) is 4. The molecule has 8 heteroatoms. The van der Waals surface area contributed by atoms with Gasteiger partial charge in [-0.15, -0.1) is 12.4 Å². The maximum atomic E-state index is 12.5. The smallest absolute Gasteiger partial charge is 0.246 e. The van der Waals surface area contributed by atoms with Gasteiger partial charge in [0.2, 0.25) is 10.0 Å². The van der Waals surface area contributed by atoms with E-state index in [0.29, 0.717) is 35.9 Å². The molecule has 1 unspecified atom stereocenters. The molecule has 1 aromatic heterocycles. The van der Waals surface area contributed by atoms with Crippen molar-refractivity contribution in [2.75, 3.05) is 19.6 Å². The standard InChI is InChI=1S/C10H18N4O2S.ClH/c1-7-6-14(5-4-11-7)17(15,16)10-8(2)12-13-9(10)3;/h7,11H,4-6H2,1-3H3,(H,12,13);1H. The highest BCUT2D eigenvalue weighted by atomic mass is 35.5. The summed E-state index contributed by atoms with van der Waals surface area (Å²) in [5.74, 6) is 0. The van der Waals surface area contributed by atoms with Gasteiger partial charge in [-0.25, -0.2) is 8.42 Å². The SMILES string of the molecule is Cc1n[nH]c(C)c1S(=O)(=O)N1CCNC(C)C1.Cl. The summed E-state index contributed by atoms with van der Waals surface area (Å²) in [5.41, 5.74) is 1.14. The summed E-state index contributed by atoms with van der Waals surface area (Å²) in [4.78, 5) is 0.326. The molecule has 1 saturated heterocycles. The van der Waals surface area contributed by atoms with E-state index in [-0.39, 0.29) is 18.4 Å². The van der Waals surface area contributed by atoms with E-state index in [2.05, 4.69) is 15.5 Å². The highest BCUT2D eigenvalue weighted by Crippen LogP contribution is 2.22. The second kappa shape index (κ2) is 5.56. The van der Waals surface area contributed by atoms with Gasteiger partial charge in [-0.3, -0.25) is 5.10 Å². The number of halogens is 1. The summed E-state index contributed by atoms with van der Waals surface area (Å²) in [5, 5.41) is 9.90. The van der Waals surface area contributed by atoms with Crippen LogP contribution in [-0.4, -0.2) is 48.6 Å². The Bertz CT molecular complexity index is 494. The molecule has 0 saturated carbocycles. The average Bonchev–Trinajstić information content (AvgIpc) is 2.59. The van der Waals surface area contributed by atoms with E-state index in [1.165, 1.54) is 4.31 Å². The lowest BCUT2D eigenvalue weighted by Gasteiger charge is -2.31. The number of aromatic nitrogens is 2. The summed E-state index contributed by atoms with van der Waals surface area (Å²) in [7, 11) is -3.41. The van der Waals surface area contributed by atoms with Gasteiger partial charge in [0.1, 0.15) is 4.90 Å². The molecule has 2 rings (SSSR count). The number of aryl methyl sites for hydroxylation is 2. The molecule has 0 radical (unpaired) electrons. The van der Waals surface area contributed by atoms with Crippen LogP contribution in [0.2, 0.25) is 0 Å². The number of nitrogens with zero attached hydrogens (tertiary/aromatic N) is 2. The normalized spacial score (nSPS) is 21.6. The van der Waals surface area contributed by atoms with Crippen molar-refractivity contribution in [2.45, 2.75) is 31.7 Å². The predicted octanol–water partition coefficient (Wildman–Crippen LogP) is 0.431. The minimum atomic E-state index is -3.41. The first-order valence-corrected chi connectivity index (χ1v) is 7.12. The first kappa shape index (κ1) is 15.4. The molecule has 1 aromatic rings. The molecule has 1 fully saturated rings. The van der Waals surface area contributed by atoms with Crippen molar-refractivity contribution in [1.29, 1.82) is 0 Å². The first-order chi connectivity index (χ1) is 7.93. The lowest BCUT2D eigenvalue weighted by Crippen LogP contribution is -2.51. The van der Waals surface area contributed by atoms with Crippen molar-refractivity contribution in [3.05, 3.63) is 11.4 Å². The Kier molecular flexibility index (Phi) is 4.77. The Morgan fingerprint density at radius 2 is 2.06 bits per heavy atom. The number of rotatable bonds is 2.